The molecule has 1 spiro atoms. The maximum Gasteiger partial charge on any atom is 0.435 e. The molecule has 24 heavy (non-hydrogen) atoms. The van der Waals surface area contributed by atoms with Crippen LogP contribution in [0.25, 0.3) is 0 Å². The lowest BCUT2D eigenvalue weighted by Crippen LogP contribution is -2.64. The number of hydrogen-bond acceptors (Lipinski definition) is 3. The first-order valence-corrected chi connectivity index (χ1v) is 8.05. The fraction of sp³-hybridized carbons (Fsp3) is 0.750. The summed E-state index contributed by atoms with van der Waals surface area (Å²) in [6, 6.07) is 1.08. The van der Waals surface area contributed by atoms with E-state index in [0.717, 1.165) is 18.9 Å². The molecule has 8 heteroatoms. The Kier molecular flexibility index (Phi) is 3.84. The van der Waals surface area contributed by atoms with E-state index < -0.39 is 17.5 Å². The first kappa shape index (κ1) is 17.1. The second-order valence-electron chi connectivity index (χ2n) is 8.09. The Morgan fingerprint density at radius 2 is 2.00 bits per heavy atom. The van der Waals surface area contributed by atoms with Crippen molar-refractivity contribution in [1.82, 2.24) is 15.1 Å². The summed E-state index contributed by atoms with van der Waals surface area (Å²) in [7, 11) is 0. The van der Waals surface area contributed by atoms with E-state index in [2.05, 4.69) is 10.2 Å². The van der Waals surface area contributed by atoms with E-state index in [1.807, 2.05) is 20.8 Å². The molecule has 2 heterocycles. The first-order valence-electron chi connectivity index (χ1n) is 8.05. The van der Waals surface area contributed by atoms with Gasteiger partial charge in [-0.05, 0) is 52.0 Å². The van der Waals surface area contributed by atoms with E-state index in [1.165, 1.54) is 0 Å². The van der Waals surface area contributed by atoms with Gasteiger partial charge in [0.2, 0.25) is 0 Å². The summed E-state index contributed by atoms with van der Waals surface area (Å²) >= 11 is 0. The minimum absolute atomic E-state index is 0.133. The number of nitrogens with zero attached hydrogens (tertiary/aromatic N) is 2. The Labute approximate surface area is 138 Å². The molecule has 0 aromatic carbocycles. The molecular weight excluding hydrogens is 323 g/mol. The molecule has 2 fully saturated rings. The third-order valence-corrected chi connectivity index (χ3v) is 4.58. The topological polar surface area (TPSA) is 58.2 Å². The lowest BCUT2D eigenvalue weighted by atomic mass is 9.57. The number of amides is 1. The number of halogens is 3. The van der Waals surface area contributed by atoms with Crippen molar-refractivity contribution in [3.05, 3.63) is 17.5 Å². The highest BCUT2D eigenvalue weighted by Gasteiger charge is 2.54. The lowest BCUT2D eigenvalue weighted by molar-refractivity contribution is -0.141. The van der Waals surface area contributed by atoms with Gasteiger partial charge in [-0.2, -0.15) is 18.3 Å². The monoisotopic (exact) mass is 345 g/mol. The quantitative estimate of drug-likeness (QED) is 0.891. The van der Waals surface area contributed by atoms with E-state index in [0.29, 0.717) is 31.1 Å². The smallest absolute Gasteiger partial charge is 0.435 e. The zero-order valence-electron chi connectivity index (χ0n) is 14.0. The van der Waals surface area contributed by atoms with Gasteiger partial charge in [0.1, 0.15) is 5.60 Å². The van der Waals surface area contributed by atoms with Crippen LogP contribution in [0.15, 0.2) is 6.07 Å². The molecule has 1 aliphatic heterocycles. The van der Waals surface area contributed by atoms with Crippen LogP contribution in [0.4, 0.5) is 18.0 Å². The van der Waals surface area contributed by atoms with Crippen molar-refractivity contribution < 1.29 is 22.7 Å². The van der Waals surface area contributed by atoms with E-state index in [9.17, 15) is 18.0 Å². The Bertz CT molecular complexity index is 619. The molecule has 1 saturated heterocycles. The summed E-state index contributed by atoms with van der Waals surface area (Å²) in [5.74, 6) is 0.340. The summed E-state index contributed by atoms with van der Waals surface area (Å²) in [5.41, 5.74) is -0.718. The predicted octanol–water partition coefficient (Wildman–Crippen LogP) is 3.62. The minimum Gasteiger partial charge on any atom is -0.444 e. The molecule has 1 N–H and O–H groups in total. The molecule has 1 aliphatic carbocycles. The van der Waals surface area contributed by atoms with Crippen molar-refractivity contribution in [1.29, 1.82) is 0 Å². The largest absolute Gasteiger partial charge is 0.444 e. The molecule has 2 aliphatic rings. The summed E-state index contributed by atoms with van der Waals surface area (Å²) in [5, 5.41) is 5.79. The highest BCUT2D eigenvalue weighted by Crippen LogP contribution is 2.53. The maximum absolute atomic E-state index is 12.5. The van der Waals surface area contributed by atoms with Crippen molar-refractivity contribution >= 4 is 6.09 Å². The minimum atomic E-state index is -4.41. The number of H-pyrrole nitrogens is 1. The number of rotatable bonds is 2. The number of nitrogens with one attached hydrogen (secondary N) is 1. The van der Waals surface area contributed by atoms with Gasteiger partial charge in [-0.1, -0.05) is 0 Å². The Morgan fingerprint density at radius 1 is 1.38 bits per heavy atom. The van der Waals surface area contributed by atoms with E-state index in [-0.39, 0.29) is 11.5 Å². The fourth-order valence-electron chi connectivity index (χ4n) is 3.71. The Morgan fingerprint density at radius 3 is 2.50 bits per heavy atom. The van der Waals surface area contributed by atoms with Gasteiger partial charge >= 0.3 is 12.3 Å². The van der Waals surface area contributed by atoms with Gasteiger partial charge in [0.15, 0.2) is 5.69 Å². The third kappa shape index (κ3) is 3.52. The van der Waals surface area contributed by atoms with E-state index >= 15 is 0 Å². The molecule has 5 nitrogen and oxygen atoms in total. The molecule has 0 atom stereocenters. The van der Waals surface area contributed by atoms with Gasteiger partial charge in [0, 0.05) is 24.2 Å². The van der Waals surface area contributed by atoms with Gasteiger partial charge in [-0.25, -0.2) is 4.79 Å². The number of hydrogen-bond donors (Lipinski definition) is 1. The average molecular weight is 345 g/mol. The highest BCUT2D eigenvalue weighted by molar-refractivity contribution is 5.69. The van der Waals surface area contributed by atoms with Crippen LogP contribution in [0, 0.1) is 11.3 Å². The maximum atomic E-state index is 12.5. The van der Waals surface area contributed by atoms with Gasteiger partial charge in [-0.15, -0.1) is 0 Å². The number of ether oxygens (including phenoxy) is 1. The number of alkyl halides is 3. The summed E-state index contributed by atoms with van der Waals surface area (Å²) in [6.45, 7) is 6.85. The van der Waals surface area contributed by atoms with Crippen molar-refractivity contribution in [2.75, 3.05) is 13.1 Å². The van der Waals surface area contributed by atoms with Crippen LogP contribution in [0.1, 0.15) is 45.0 Å². The SMILES string of the molecule is CC(C)(C)OC(=O)N1CC2(CC(Cc3cc(C(F)(F)F)n[nH]3)C2)C1. The van der Waals surface area contributed by atoms with E-state index in [1.54, 1.807) is 4.90 Å². The number of carbonyl (C=O) groups is 1. The molecule has 0 bridgehead atoms. The van der Waals surface area contributed by atoms with Crippen LogP contribution in [-0.2, 0) is 17.3 Å². The van der Waals surface area contributed by atoms with Crippen LogP contribution in [0.3, 0.4) is 0 Å². The number of aromatic nitrogens is 2. The molecule has 134 valence electrons. The average Bonchev–Trinajstić information content (AvgIpc) is 2.75. The zero-order valence-corrected chi connectivity index (χ0v) is 14.0. The summed E-state index contributed by atoms with van der Waals surface area (Å²) < 4.78 is 42.9. The molecule has 1 aromatic heterocycles. The van der Waals surface area contributed by atoms with Gasteiger partial charge in [-0.3, -0.25) is 5.10 Å². The molecule has 0 radical (unpaired) electrons. The van der Waals surface area contributed by atoms with Crippen molar-refractivity contribution in [3.8, 4) is 0 Å². The molecule has 1 aromatic rings. The van der Waals surface area contributed by atoms with Gasteiger partial charge in [0.25, 0.3) is 0 Å². The predicted molar refractivity (Wildman–Crippen MR) is 80.3 cm³/mol. The normalized spacial score (nSPS) is 20.7. The molecular formula is C16H22F3N3O2. The molecule has 1 amide bonds. The van der Waals surface area contributed by atoms with Crippen molar-refractivity contribution in [2.45, 2.75) is 51.8 Å². The number of carbonyl (C=O) groups excluding carboxylic acids is 1. The second-order valence-corrected chi connectivity index (χ2v) is 8.09. The van der Waals surface area contributed by atoms with Crippen LogP contribution in [-0.4, -0.2) is 39.9 Å². The van der Waals surface area contributed by atoms with Crippen molar-refractivity contribution in [2.24, 2.45) is 11.3 Å². The third-order valence-electron chi connectivity index (χ3n) is 4.58. The lowest BCUT2D eigenvalue weighted by Gasteiger charge is -2.58. The highest BCUT2D eigenvalue weighted by atomic mass is 19.4. The zero-order chi connectivity index (χ0) is 17.8. The van der Waals surface area contributed by atoms with Crippen LogP contribution in [0.2, 0.25) is 0 Å². The molecule has 0 unspecified atom stereocenters. The van der Waals surface area contributed by atoms with Crippen LogP contribution >= 0.6 is 0 Å². The van der Waals surface area contributed by atoms with E-state index in [4.69, 9.17) is 4.74 Å². The van der Waals surface area contributed by atoms with Crippen LogP contribution in [0.5, 0.6) is 0 Å². The number of aromatic amines is 1. The molecule has 3 rings (SSSR count). The summed E-state index contributed by atoms with van der Waals surface area (Å²) in [6.07, 6.45) is -2.28. The standard InChI is InChI=1S/C16H22F3N3O2/c1-14(2,3)24-13(23)22-8-15(9-22)6-10(7-15)4-11-5-12(21-20-11)16(17,18)19/h5,10H,4,6-9H2,1-3H3,(H,20,21). The fourth-order valence-corrected chi connectivity index (χ4v) is 3.71. The Hall–Kier alpha value is -1.73. The molecule has 1 saturated carbocycles. The van der Waals surface area contributed by atoms with Gasteiger partial charge in [0.05, 0.1) is 0 Å². The Balaban J connectivity index is 1.44. The number of likely N-dealkylation sites (tertiary alicyclic amines) is 1. The second kappa shape index (κ2) is 5.39. The first-order chi connectivity index (χ1) is 11.0. The van der Waals surface area contributed by atoms with Gasteiger partial charge < -0.3 is 9.64 Å². The van der Waals surface area contributed by atoms with Crippen molar-refractivity contribution in [3.63, 3.8) is 0 Å². The van der Waals surface area contributed by atoms with Crippen LogP contribution < -0.4 is 0 Å². The summed E-state index contributed by atoms with van der Waals surface area (Å²) in [4.78, 5) is 13.6.